The number of aromatic nitrogens is 6. The van der Waals surface area contributed by atoms with Crippen molar-refractivity contribution < 1.29 is 65.2 Å². The second-order valence-corrected chi connectivity index (χ2v) is 15.2. The Bertz CT molecular complexity index is 2830. The first-order valence-electron chi connectivity index (χ1n) is 22.3. The largest absolute Gasteiger partial charge is 0.494 e. The lowest BCUT2D eigenvalue weighted by Crippen LogP contribution is -2.04. The Balaban J connectivity index is 1.09. The molecule has 0 N–H and O–H groups in total. The number of ether oxygens (including phenoxy) is 6. The number of hydrogen-bond donors (Lipinski definition) is 0. The zero-order valence-corrected chi connectivity index (χ0v) is 38.2. The maximum absolute atomic E-state index is 15.5. The fourth-order valence-corrected chi connectivity index (χ4v) is 6.64. The molecule has 20 heteroatoms. The van der Waals surface area contributed by atoms with Crippen LogP contribution in [0.2, 0.25) is 0 Å². The van der Waals surface area contributed by atoms with Gasteiger partial charge in [0.1, 0.15) is 28.9 Å². The molecule has 0 atom stereocenters. The number of nitrogens with zero attached hydrogens (tertiary/aromatic N) is 6. The molecule has 0 radical (unpaired) electrons. The van der Waals surface area contributed by atoms with Crippen LogP contribution in [0.5, 0.6) is 17.2 Å². The van der Waals surface area contributed by atoms with E-state index in [0.29, 0.717) is 73.1 Å². The molecule has 3 aromatic heterocycles. The number of unbranched alkanes of at least 4 members (excludes halogenated alkanes) is 3. The van der Waals surface area contributed by atoms with E-state index in [9.17, 15) is 14.4 Å². The van der Waals surface area contributed by atoms with Gasteiger partial charge in [-0.25, -0.2) is 13.6 Å². The number of benzene rings is 4. The average molecular weight is 973 g/mol. The molecule has 4 aromatic carbocycles. The van der Waals surface area contributed by atoms with Gasteiger partial charge in [-0.3, -0.25) is 9.59 Å². The normalized spacial score (nSPS) is 10.8. The van der Waals surface area contributed by atoms with Crippen LogP contribution in [-0.4, -0.2) is 74.8 Å². The first-order valence-corrected chi connectivity index (χ1v) is 22.3. The summed E-state index contributed by atoms with van der Waals surface area (Å²) in [6.45, 7) is 11.2. The summed E-state index contributed by atoms with van der Waals surface area (Å²) in [7, 11) is 0. The van der Waals surface area contributed by atoms with Crippen LogP contribution in [0.15, 0.2) is 131 Å². The highest BCUT2D eigenvalue weighted by Crippen LogP contribution is 2.35. The topological polar surface area (TPSA) is 223 Å². The van der Waals surface area contributed by atoms with Crippen LogP contribution in [0.4, 0.5) is 8.78 Å². The van der Waals surface area contributed by atoms with Crippen molar-refractivity contribution in [2.75, 3.05) is 26.4 Å². The van der Waals surface area contributed by atoms with E-state index in [-0.39, 0.29) is 90.4 Å². The Morgan fingerprint density at radius 3 is 1.35 bits per heavy atom. The molecule has 366 valence electrons. The van der Waals surface area contributed by atoms with Crippen molar-refractivity contribution in [2.45, 2.75) is 51.4 Å². The fourth-order valence-electron chi connectivity index (χ4n) is 6.64. The predicted octanol–water partition coefficient (Wildman–Crippen LogP) is 10.5. The molecule has 18 nitrogen and oxygen atoms in total. The van der Waals surface area contributed by atoms with Crippen LogP contribution < -0.4 is 14.2 Å². The summed E-state index contributed by atoms with van der Waals surface area (Å²) in [6.07, 6.45) is 7.04. The lowest BCUT2D eigenvalue weighted by Gasteiger charge is -2.07. The van der Waals surface area contributed by atoms with E-state index in [2.05, 4.69) is 50.2 Å². The molecule has 0 unspecified atom stereocenters. The van der Waals surface area contributed by atoms with Gasteiger partial charge in [0.15, 0.2) is 0 Å². The minimum Gasteiger partial charge on any atom is -0.494 e. The highest BCUT2D eigenvalue weighted by Gasteiger charge is 2.22. The molecule has 0 spiro atoms. The third kappa shape index (κ3) is 14.1. The zero-order valence-electron chi connectivity index (χ0n) is 38.2. The van der Waals surface area contributed by atoms with Gasteiger partial charge in [-0.15, -0.1) is 0 Å². The monoisotopic (exact) mass is 972 g/mol. The second-order valence-electron chi connectivity index (χ2n) is 15.2. The SMILES string of the molecule is C=COC(=O)CCCCOc1ccc(-c2noc(-c3cc(-c4nc(-c5ccc(OCCCCOC(=O)C=C)cc5)no4)cc(-c4nc(-c5ccc(OCCCCC(=O)OC=C)cc5F)no4)c3)n2)c(F)c1. The van der Waals surface area contributed by atoms with Crippen molar-refractivity contribution in [1.29, 1.82) is 0 Å². The van der Waals surface area contributed by atoms with E-state index in [1.54, 1.807) is 54.6 Å². The smallest absolute Gasteiger partial charge is 0.330 e. The number of halogens is 2. The summed E-state index contributed by atoms with van der Waals surface area (Å²) in [6, 6.07) is 20.4. The summed E-state index contributed by atoms with van der Waals surface area (Å²) in [5, 5.41) is 12.3. The maximum atomic E-state index is 15.5. The van der Waals surface area contributed by atoms with Crippen LogP contribution in [-0.2, 0) is 28.6 Å². The van der Waals surface area contributed by atoms with Crippen LogP contribution in [0, 0.1) is 11.6 Å². The number of carbonyl (C=O) groups excluding carboxylic acids is 3. The molecule has 7 rings (SSSR count). The quantitative estimate of drug-likeness (QED) is 0.0154. The minimum atomic E-state index is -0.672. The zero-order chi connectivity index (χ0) is 50.0. The number of hydrogen-bond acceptors (Lipinski definition) is 18. The van der Waals surface area contributed by atoms with Gasteiger partial charge >= 0.3 is 17.9 Å². The summed E-state index contributed by atoms with van der Waals surface area (Å²) in [5.41, 5.74) is 1.69. The van der Waals surface area contributed by atoms with E-state index >= 15 is 8.78 Å². The highest BCUT2D eigenvalue weighted by atomic mass is 19.1. The van der Waals surface area contributed by atoms with Crippen molar-refractivity contribution in [1.82, 2.24) is 30.4 Å². The van der Waals surface area contributed by atoms with Gasteiger partial charge in [0.2, 0.25) is 17.5 Å². The molecular weight excluding hydrogens is 927 g/mol. The molecule has 0 amide bonds. The van der Waals surface area contributed by atoms with Crippen molar-refractivity contribution >= 4 is 17.9 Å². The summed E-state index contributed by atoms with van der Waals surface area (Å²) in [5.74, 6) is -1.30. The lowest BCUT2D eigenvalue weighted by molar-refractivity contribution is -0.139. The molecule has 0 aliphatic heterocycles. The molecule has 0 fully saturated rings. The van der Waals surface area contributed by atoms with Crippen LogP contribution in [0.25, 0.3) is 68.5 Å². The van der Waals surface area contributed by atoms with Gasteiger partial charge < -0.3 is 42.0 Å². The molecular formula is C51H46F2N6O12. The van der Waals surface area contributed by atoms with Crippen molar-refractivity contribution in [3.8, 4) is 85.8 Å². The maximum Gasteiger partial charge on any atom is 0.330 e. The molecule has 71 heavy (non-hydrogen) atoms. The van der Waals surface area contributed by atoms with Crippen molar-refractivity contribution in [2.24, 2.45) is 0 Å². The van der Waals surface area contributed by atoms with Crippen LogP contribution >= 0.6 is 0 Å². The average Bonchev–Trinajstić information content (AvgIpc) is 4.18. The standard InChI is InChI=1S/C51H46F2N6O12/c1-4-43(60)68-26-12-11-25-65-36-17-15-32(16-18-36)46-54-49(69-57-46)33-27-34(50-55-47(58-70-50)39-21-19-37(30-41(39)52)66-23-9-7-13-44(61)63-5-2)29-35(28-33)51-56-48(59-71-51)40-22-20-38(31-42(40)53)67-24-10-8-14-45(62)64-6-3/h4-6,15-22,27-31H,1-3,7-14,23-26H2. The van der Waals surface area contributed by atoms with Crippen LogP contribution in [0.3, 0.4) is 0 Å². The first kappa shape index (κ1) is 50.1. The molecule has 0 aliphatic carbocycles. The molecule has 0 bridgehead atoms. The number of carbonyl (C=O) groups is 3. The minimum absolute atomic E-state index is 0.0241. The van der Waals surface area contributed by atoms with E-state index in [0.717, 1.165) is 18.6 Å². The molecule has 0 saturated carbocycles. The van der Waals surface area contributed by atoms with E-state index in [1.807, 2.05) is 0 Å². The van der Waals surface area contributed by atoms with Crippen molar-refractivity contribution in [3.05, 3.63) is 129 Å². The van der Waals surface area contributed by atoms with Crippen molar-refractivity contribution in [3.63, 3.8) is 0 Å². The van der Waals surface area contributed by atoms with E-state index in [1.165, 1.54) is 24.3 Å². The highest BCUT2D eigenvalue weighted by molar-refractivity contribution is 5.81. The molecule has 3 heterocycles. The number of esters is 3. The van der Waals surface area contributed by atoms with Gasteiger partial charge in [0.05, 0.1) is 50.1 Å². The van der Waals surface area contributed by atoms with E-state index < -0.39 is 29.5 Å². The van der Waals surface area contributed by atoms with E-state index in [4.69, 9.17) is 42.0 Å². The second kappa shape index (κ2) is 25.0. The Kier molecular flexibility index (Phi) is 17.6. The molecule has 0 aliphatic rings. The summed E-state index contributed by atoms with van der Waals surface area (Å²) >= 11 is 0. The first-order chi connectivity index (χ1) is 34.6. The van der Waals surface area contributed by atoms with Gasteiger partial charge in [0, 0.05) is 53.3 Å². The van der Waals surface area contributed by atoms with Crippen LogP contribution in [0.1, 0.15) is 51.4 Å². The fraction of sp³-hybridized carbons (Fsp3) is 0.235. The summed E-state index contributed by atoms with van der Waals surface area (Å²) in [4.78, 5) is 47.9. The molecule has 0 saturated heterocycles. The predicted molar refractivity (Wildman–Crippen MR) is 250 cm³/mol. The Labute approximate surface area is 404 Å². The van der Waals surface area contributed by atoms with Gasteiger partial charge in [-0.2, -0.15) is 15.0 Å². The lowest BCUT2D eigenvalue weighted by atomic mass is 10.0. The Morgan fingerprint density at radius 2 is 0.901 bits per heavy atom. The van der Waals surface area contributed by atoms with Gasteiger partial charge in [-0.1, -0.05) is 35.2 Å². The third-order valence-corrected chi connectivity index (χ3v) is 10.2. The Morgan fingerprint density at radius 1 is 0.493 bits per heavy atom. The Hall–Kier alpha value is -8.81. The summed E-state index contributed by atoms with van der Waals surface area (Å²) < 4.78 is 79.6. The third-order valence-electron chi connectivity index (χ3n) is 10.2. The molecule has 7 aromatic rings. The number of rotatable bonds is 27. The van der Waals surface area contributed by atoms with Gasteiger partial charge in [0.25, 0.3) is 17.7 Å². The van der Waals surface area contributed by atoms with Gasteiger partial charge in [-0.05, 0) is 105 Å².